The number of anilines is 1. The number of amides is 1. The summed E-state index contributed by atoms with van der Waals surface area (Å²) in [5.41, 5.74) is 1.51. The van der Waals surface area contributed by atoms with Crippen molar-refractivity contribution >= 4 is 29.0 Å². The number of rotatable bonds is 6. The van der Waals surface area contributed by atoms with Gasteiger partial charge in [-0.3, -0.25) is 19.7 Å². The fourth-order valence-electron chi connectivity index (χ4n) is 2.14. The first-order chi connectivity index (χ1) is 12.3. The van der Waals surface area contributed by atoms with Crippen molar-refractivity contribution in [2.75, 3.05) is 11.9 Å². The number of carbonyl (C=O) groups is 3. The molecule has 0 saturated carbocycles. The average Bonchev–Trinajstić information content (AvgIpc) is 2.60. The first-order valence-electron chi connectivity index (χ1n) is 7.61. The largest absolute Gasteiger partial charge is 0.454 e. The second-order valence-corrected chi connectivity index (χ2v) is 5.51. The summed E-state index contributed by atoms with van der Waals surface area (Å²) < 4.78 is 4.99. The molecule has 0 radical (unpaired) electrons. The molecule has 0 fully saturated rings. The number of esters is 1. The van der Waals surface area contributed by atoms with Crippen LogP contribution in [-0.4, -0.2) is 29.2 Å². The lowest BCUT2D eigenvalue weighted by Crippen LogP contribution is -2.15. The lowest BCUT2D eigenvalue weighted by Gasteiger charge is -2.09. The van der Waals surface area contributed by atoms with E-state index >= 15 is 0 Å². The van der Waals surface area contributed by atoms with E-state index in [1.165, 1.54) is 43.3 Å². The molecule has 2 rings (SSSR count). The van der Waals surface area contributed by atoms with E-state index in [4.69, 9.17) is 4.74 Å². The Labute approximate surface area is 148 Å². The van der Waals surface area contributed by atoms with Crippen molar-refractivity contribution in [3.63, 3.8) is 0 Å². The number of hydrogen-bond acceptors (Lipinski definition) is 6. The van der Waals surface area contributed by atoms with Gasteiger partial charge in [0.1, 0.15) is 0 Å². The molecular weight excluding hydrogens is 340 g/mol. The fourth-order valence-corrected chi connectivity index (χ4v) is 2.14. The zero-order chi connectivity index (χ0) is 19.3. The third-order valence-electron chi connectivity index (χ3n) is 3.52. The Hall–Kier alpha value is -3.55. The third kappa shape index (κ3) is 4.73. The molecule has 8 nitrogen and oxygen atoms in total. The molecular formula is C18H16N2O6. The minimum Gasteiger partial charge on any atom is -0.454 e. The Balaban J connectivity index is 2.02. The van der Waals surface area contributed by atoms with E-state index in [0.29, 0.717) is 5.69 Å². The molecule has 0 spiro atoms. The first kappa shape index (κ1) is 18.8. The zero-order valence-corrected chi connectivity index (χ0v) is 14.1. The summed E-state index contributed by atoms with van der Waals surface area (Å²) >= 11 is 0. The molecule has 134 valence electrons. The van der Waals surface area contributed by atoms with Crippen LogP contribution < -0.4 is 5.32 Å². The van der Waals surface area contributed by atoms with Gasteiger partial charge in [-0.25, -0.2) is 4.79 Å². The molecule has 0 heterocycles. The lowest BCUT2D eigenvalue weighted by molar-refractivity contribution is -0.384. The highest BCUT2D eigenvalue weighted by Crippen LogP contribution is 2.18. The lowest BCUT2D eigenvalue weighted by atomic mass is 10.1. The van der Waals surface area contributed by atoms with Crippen LogP contribution in [0.15, 0.2) is 42.5 Å². The van der Waals surface area contributed by atoms with Crippen LogP contribution in [0, 0.1) is 17.0 Å². The summed E-state index contributed by atoms with van der Waals surface area (Å²) in [6.45, 7) is 2.63. The van der Waals surface area contributed by atoms with Crippen LogP contribution in [0.25, 0.3) is 0 Å². The summed E-state index contributed by atoms with van der Waals surface area (Å²) in [6, 6.07) is 9.66. The molecule has 2 aromatic carbocycles. The molecule has 26 heavy (non-hydrogen) atoms. The molecule has 0 aliphatic carbocycles. The van der Waals surface area contributed by atoms with E-state index < -0.39 is 23.3 Å². The van der Waals surface area contributed by atoms with Gasteiger partial charge in [0.15, 0.2) is 12.4 Å². The summed E-state index contributed by atoms with van der Waals surface area (Å²) in [6.07, 6.45) is 0. The normalized spacial score (nSPS) is 10.1. The number of non-ortho nitro benzene ring substituents is 1. The van der Waals surface area contributed by atoms with Crippen LogP contribution >= 0.6 is 0 Å². The quantitative estimate of drug-likeness (QED) is 0.368. The first-order valence-corrected chi connectivity index (χ1v) is 7.61. The monoisotopic (exact) mass is 356 g/mol. The van der Waals surface area contributed by atoms with Crippen LogP contribution in [0.4, 0.5) is 11.4 Å². The van der Waals surface area contributed by atoms with E-state index in [-0.39, 0.29) is 22.7 Å². The number of ether oxygens (including phenoxy) is 1. The fraction of sp³-hybridized carbons (Fsp3) is 0.167. The van der Waals surface area contributed by atoms with E-state index in [0.717, 1.165) is 5.56 Å². The van der Waals surface area contributed by atoms with E-state index in [2.05, 4.69) is 5.32 Å². The van der Waals surface area contributed by atoms with Crippen LogP contribution in [0.5, 0.6) is 0 Å². The maximum atomic E-state index is 12.1. The second-order valence-electron chi connectivity index (χ2n) is 5.51. The van der Waals surface area contributed by atoms with Gasteiger partial charge >= 0.3 is 5.97 Å². The van der Waals surface area contributed by atoms with Gasteiger partial charge in [0.05, 0.1) is 10.5 Å². The van der Waals surface area contributed by atoms with Crippen LogP contribution in [-0.2, 0) is 9.53 Å². The van der Waals surface area contributed by atoms with Crippen LogP contribution in [0.2, 0.25) is 0 Å². The Morgan fingerprint density at radius 2 is 1.69 bits per heavy atom. The van der Waals surface area contributed by atoms with Crippen molar-refractivity contribution in [3.05, 3.63) is 69.3 Å². The predicted octanol–water partition coefficient (Wildman–Crippen LogP) is 2.90. The molecule has 1 amide bonds. The van der Waals surface area contributed by atoms with Gasteiger partial charge in [-0.2, -0.15) is 0 Å². The Morgan fingerprint density at radius 3 is 2.27 bits per heavy atom. The highest BCUT2D eigenvalue weighted by molar-refractivity contribution is 6.00. The van der Waals surface area contributed by atoms with Crippen molar-refractivity contribution in [3.8, 4) is 0 Å². The van der Waals surface area contributed by atoms with Gasteiger partial charge in [-0.15, -0.1) is 0 Å². The van der Waals surface area contributed by atoms with E-state index in [1.54, 1.807) is 13.0 Å². The summed E-state index contributed by atoms with van der Waals surface area (Å²) in [5.74, 6) is -1.47. The molecule has 8 heteroatoms. The van der Waals surface area contributed by atoms with Crippen LogP contribution in [0.1, 0.15) is 33.2 Å². The van der Waals surface area contributed by atoms with Gasteiger partial charge in [0.2, 0.25) is 5.91 Å². The van der Waals surface area contributed by atoms with Crippen molar-refractivity contribution in [1.82, 2.24) is 0 Å². The SMILES string of the molecule is CC(=O)Nc1cc(C(=O)OCC(=O)c2ccc([N+](=O)[O-])cc2)ccc1C. The summed E-state index contributed by atoms with van der Waals surface area (Å²) in [5, 5.41) is 13.2. The molecule has 0 unspecified atom stereocenters. The minimum atomic E-state index is -0.716. The standard InChI is InChI=1S/C18H16N2O6/c1-11-3-4-14(9-16(11)19-12(2)21)18(23)26-10-17(22)13-5-7-15(8-6-13)20(24)25/h3-9H,10H2,1-2H3,(H,19,21). The number of benzene rings is 2. The van der Waals surface area contributed by atoms with Crippen molar-refractivity contribution < 1.29 is 24.0 Å². The molecule has 1 N–H and O–H groups in total. The number of nitro groups is 1. The number of carbonyl (C=O) groups excluding carboxylic acids is 3. The molecule has 0 aliphatic heterocycles. The summed E-state index contributed by atoms with van der Waals surface area (Å²) in [4.78, 5) is 45.3. The van der Waals surface area contributed by atoms with Crippen LogP contribution in [0.3, 0.4) is 0 Å². The Morgan fingerprint density at radius 1 is 1.08 bits per heavy atom. The van der Waals surface area contributed by atoms with Gasteiger partial charge in [-0.05, 0) is 36.8 Å². The highest BCUT2D eigenvalue weighted by atomic mass is 16.6. The maximum absolute atomic E-state index is 12.1. The molecule has 2 aromatic rings. The van der Waals surface area contributed by atoms with Crippen molar-refractivity contribution in [1.29, 1.82) is 0 Å². The smallest absolute Gasteiger partial charge is 0.338 e. The highest BCUT2D eigenvalue weighted by Gasteiger charge is 2.14. The molecule has 0 atom stereocenters. The second kappa shape index (κ2) is 8.02. The number of ketones is 1. The molecule has 0 aliphatic rings. The van der Waals surface area contributed by atoms with Crippen molar-refractivity contribution in [2.45, 2.75) is 13.8 Å². The van der Waals surface area contributed by atoms with E-state index in [9.17, 15) is 24.5 Å². The zero-order valence-electron chi connectivity index (χ0n) is 14.1. The molecule has 0 bridgehead atoms. The molecule has 0 saturated heterocycles. The Kier molecular flexibility index (Phi) is 5.79. The predicted molar refractivity (Wildman–Crippen MR) is 93.2 cm³/mol. The number of nitrogens with one attached hydrogen (secondary N) is 1. The van der Waals surface area contributed by atoms with Gasteiger partial charge in [0, 0.05) is 30.3 Å². The average molecular weight is 356 g/mol. The minimum absolute atomic E-state index is 0.135. The van der Waals surface area contributed by atoms with Crippen molar-refractivity contribution in [2.24, 2.45) is 0 Å². The number of hydrogen-bond donors (Lipinski definition) is 1. The van der Waals surface area contributed by atoms with E-state index in [1.807, 2.05) is 0 Å². The Bertz CT molecular complexity index is 874. The van der Waals surface area contributed by atoms with Gasteiger partial charge < -0.3 is 10.1 Å². The summed E-state index contributed by atoms with van der Waals surface area (Å²) in [7, 11) is 0. The third-order valence-corrected chi connectivity index (χ3v) is 3.52. The number of nitro benzene ring substituents is 1. The number of nitrogens with zero attached hydrogens (tertiary/aromatic N) is 1. The number of Topliss-reactive ketones (excluding diaryl/α,β-unsaturated/α-hetero) is 1. The topological polar surface area (TPSA) is 116 Å². The molecule has 0 aromatic heterocycles. The number of aryl methyl sites for hydroxylation is 1. The van der Waals surface area contributed by atoms with Gasteiger partial charge in [0.25, 0.3) is 5.69 Å². The maximum Gasteiger partial charge on any atom is 0.338 e. The van der Waals surface area contributed by atoms with Gasteiger partial charge in [-0.1, -0.05) is 6.07 Å².